The summed E-state index contributed by atoms with van der Waals surface area (Å²) in [5.41, 5.74) is 10.8. The van der Waals surface area contributed by atoms with Gasteiger partial charge in [-0.1, -0.05) is 23.5 Å². The molecule has 1 amide bonds. The van der Waals surface area contributed by atoms with Crippen LogP contribution in [-0.2, 0) is 0 Å². The van der Waals surface area contributed by atoms with Crippen molar-refractivity contribution in [1.82, 2.24) is 25.1 Å². The van der Waals surface area contributed by atoms with Crippen LogP contribution >= 0.6 is 11.3 Å². The average molecular weight is 403 g/mol. The lowest BCUT2D eigenvalue weighted by atomic mass is 10.1. The van der Waals surface area contributed by atoms with E-state index in [1.807, 2.05) is 18.2 Å². The van der Waals surface area contributed by atoms with Gasteiger partial charge >= 0.3 is 0 Å². The molecule has 0 saturated carbocycles. The summed E-state index contributed by atoms with van der Waals surface area (Å²) in [6.45, 7) is 0. The molecule has 9 nitrogen and oxygen atoms in total. The Balaban J connectivity index is 1.60. The Kier molecular flexibility index (Phi) is 3.85. The van der Waals surface area contributed by atoms with Crippen LogP contribution in [0.3, 0.4) is 0 Å². The van der Waals surface area contributed by atoms with Crippen molar-refractivity contribution < 1.29 is 4.79 Å². The number of anilines is 2. The highest BCUT2D eigenvalue weighted by atomic mass is 32.1. The molecular formula is C19H13N7O2S. The smallest absolute Gasteiger partial charge is 0.276 e. The van der Waals surface area contributed by atoms with Crippen molar-refractivity contribution in [3.05, 3.63) is 63.9 Å². The molecule has 142 valence electrons. The van der Waals surface area contributed by atoms with Crippen LogP contribution < -0.4 is 16.6 Å². The first-order valence-corrected chi connectivity index (χ1v) is 9.46. The predicted molar refractivity (Wildman–Crippen MR) is 112 cm³/mol. The summed E-state index contributed by atoms with van der Waals surface area (Å²) >= 11 is 1.23. The second-order valence-corrected chi connectivity index (χ2v) is 7.14. The first-order chi connectivity index (χ1) is 14.1. The maximum Gasteiger partial charge on any atom is 0.276 e. The summed E-state index contributed by atoms with van der Waals surface area (Å²) in [4.78, 5) is 35.4. The Hall–Kier alpha value is -4.05. The van der Waals surface area contributed by atoms with Crippen molar-refractivity contribution in [3.63, 3.8) is 0 Å². The molecule has 29 heavy (non-hydrogen) atoms. The number of nitrogens with zero attached hydrogens (tertiary/aromatic N) is 3. The monoisotopic (exact) mass is 403 g/mol. The van der Waals surface area contributed by atoms with Crippen LogP contribution in [0.4, 0.5) is 10.8 Å². The number of nitrogens with two attached hydrogens (primary N) is 1. The summed E-state index contributed by atoms with van der Waals surface area (Å²) in [6, 6.07) is 12.3. The summed E-state index contributed by atoms with van der Waals surface area (Å²) in [5, 5.41) is 11.2. The zero-order valence-corrected chi connectivity index (χ0v) is 15.6. The third-order valence-electron chi connectivity index (χ3n) is 4.52. The van der Waals surface area contributed by atoms with Crippen molar-refractivity contribution in [2.75, 3.05) is 11.1 Å². The first-order valence-electron chi connectivity index (χ1n) is 8.58. The van der Waals surface area contributed by atoms with Crippen LogP contribution in [0, 0.1) is 0 Å². The van der Waals surface area contributed by atoms with Crippen LogP contribution in [0.1, 0.15) is 10.4 Å². The van der Waals surface area contributed by atoms with E-state index in [9.17, 15) is 9.59 Å². The lowest BCUT2D eigenvalue weighted by Gasteiger charge is -2.02. The van der Waals surface area contributed by atoms with Gasteiger partial charge in [0, 0.05) is 16.5 Å². The van der Waals surface area contributed by atoms with E-state index < -0.39 is 0 Å². The van der Waals surface area contributed by atoms with Gasteiger partial charge in [0.25, 0.3) is 11.5 Å². The number of benzene rings is 2. The Morgan fingerprint density at radius 1 is 1.10 bits per heavy atom. The molecule has 0 radical (unpaired) electrons. The molecule has 5 N–H and O–H groups in total. The zero-order chi connectivity index (χ0) is 20.0. The molecule has 5 rings (SSSR count). The molecule has 3 heterocycles. The number of amides is 1. The fraction of sp³-hybridized carbons (Fsp3) is 0. The highest BCUT2D eigenvalue weighted by Gasteiger charge is 2.17. The molecule has 0 aliphatic carbocycles. The van der Waals surface area contributed by atoms with Crippen LogP contribution in [-0.4, -0.2) is 31.1 Å². The number of aromatic nitrogens is 5. The number of aromatic amines is 2. The van der Waals surface area contributed by atoms with Crippen LogP contribution in [0.25, 0.3) is 33.3 Å². The Bertz CT molecular complexity index is 1440. The van der Waals surface area contributed by atoms with Gasteiger partial charge in [0.1, 0.15) is 5.51 Å². The van der Waals surface area contributed by atoms with Crippen LogP contribution in [0.5, 0.6) is 0 Å². The van der Waals surface area contributed by atoms with Gasteiger partial charge < -0.3 is 15.7 Å². The van der Waals surface area contributed by atoms with Crippen LogP contribution in [0.15, 0.2) is 52.8 Å². The predicted octanol–water partition coefficient (Wildman–Crippen LogP) is 2.76. The third-order valence-corrected chi connectivity index (χ3v) is 5.12. The molecule has 0 aliphatic rings. The number of para-hydroxylation sites is 2. The largest absolute Gasteiger partial charge is 0.396 e. The Morgan fingerprint density at radius 2 is 1.97 bits per heavy atom. The summed E-state index contributed by atoms with van der Waals surface area (Å²) in [7, 11) is 0. The fourth-order valence-corrected chi connectivity index (χ4v) is 3.58. The average Bonchev–Trinajstić information content (AvgIpc) is 3.35. The Morgan fingerprint density at radius 3 is 2.79 bits per heavy atom. The van der Waals surface area contributed by atoms with E-state index in [1.54, 1.807) is 24.3 Å². The van der Waals surface area contributed by atoms with E-state index in [-0.39, 0.29) is 17.2 Å². The minimum Gasteiger partial charge on any atom is -0.396 e. The number of nitrogens with one attached hydrogen (secondary N) is 3. The molecule has 0 aliphatic heterocycles. The Labute approximate surface area is 166 Å². The van der Waals surface area contributed by atoms with E-state index in [1.165, 1.54) is 16.8 Å². The molecular weight excluding hydrogens is 390 g/mol. The molecule has 3 aromatic heterocycles. The van der Waals surface area contributed by atoms with Gasteiger partial charge in [0.2, 0.25) is 5.13 Å². The van der Waals surface area contributed by atoms with E-state index in [0.717, 1.165) is 0 Å². The molecule has 10 heteroatoms. The van der Waals surface area contributed by atoms with Crippen molar-refractivity contribution in [3.8, 4) is 11.4 Å². The lowest BCUT2D eigenvalue weighted by molar-refractivity contribution is 0.102. The molecule has 0 spiro atoms. The van der Waals surface area contributed by atoms with Crippen molar-refractivity contribution in [1.29, 1.82) is 0 Å². The van der Waals surface area contributed by atoms with Gasteiger partial charge in [-0.3, -0.25) is 14.9 Å². The summed E-state index contributed by atoms with van der Waals surface area (Å²) in [6.07, 6.45) is 0. The van der Waals surface area contributed by atoms with E-state index >= 15 is 0 Å². The molecule has 0 fully saturated rings. The number of carbonyl (C=O) groups is 1. The van der Waals surface area contributed by atoms with Gasteiger partial charge in [-0.25, -0.2) is 4.98 Å². The molecule has 0 atom stereocenters. The molecule has 0 bridgehead atoms. The number of hydrogen-bond acceptors (Lipinski definition) is 7. The maximum atomic E-state index is 12.5. The van der Waals surface area contributed by atoms with Crippen molar-refractivity contribution in [2.45, 2.75) is 0 Å². The number of carbonyl (C=O) groups excluding carboxylic acids is 1. The zero-order valence-electron chi connectivity index (χ0n) is 14.8. The van der Waals surface area contributed by atoms with Crippen molar-refractivity contribution in [2.24, 2.45) is 0 Å². The SMILES string of the molecule is Nc1c(-c2nc3ccccc3[nH]c2=O)[nH]c2ccc(C(=O)Nc3nncs3)cc12. The quantitative estimate of drug-likeness (QED) is 0.365. The van der Waals surface area contributed by atoms with E-state index in [0.29, 0.717) is 44.0 Å². The standard InChI is InChI=1S/C19H13N7O2S/c20-14-10-7-9(17(27)25-19-26-21-8-29-19)5-6-11(10)22-15(14)16-18(28)24-13-4-2-1-3-12(13)23-16/h1-8,22H,20H2,(H,24,28)(H,25,26,27). The maximum absolute atomic E-state index is 12.5. The highest BCUT2D eigenvalue weighted by molar-refractivity contribution is 7.13. The lowest BCUT2D eigenvalue weighted by Crippen LogP contribution is -2.12. The second-order valence-electron chi connectivity index (χ2n) is 6.30. The van der Waals surface area contributed by atoms with Crippen molar-refractivity contribution >= 4 is 50.0 Å². The van der Waals surface area contributed by atoms with Gasteiger partial charge in [-0.2, -0.15) is 0 Å². The second kappa shape index (κ2) is 6.53. The number of H-pyrrole nitrogens is 2. The molecule has 0 unspecified atom stereocenters. The highest BCUT2D eigenvalue weighted by Crippen LogP contribution is 2.31. The van der Waals surface area contributed by atoms with E-state index in [2.05, 4.69) is 30.5 Å². The summed E-state index contributed by atoms with van der Waals surface area (Å²) < 4.78 is 0. The normalized spacial score (nSPS) is 11.2. The third kappa shape index (κ3) is 2.91. The molecule has 0 saturated heterocycles. The van der Waals surface area contributed by atoms with Gasteiger partial charge in [-0.15, -0.1) is 10.2 Å². The number of rotatable bonds is 3. The topological polar surface area (TPSA) is 142 Å². The van der Waals surface area contributed by atoms with Crippen LogP contribution in [0.2, 0.25) is 0 Å². The van der Waals surface area contributed by atoms with Gasteiger partial charge in [0.15, 0.2) is 5.69 Å². The number of fused-ring (bicyclic) bond motifs is 2. The molecule has 2 aromatic carbocycles. The van der Waals surface area contributed by atoms with Gasteiger partial charge in [0.05, 0.1) is 22.4 Å². The fourth-order valence-electron chi connectivity index (χ4n) is 3.14. The van der Waals surface area contributed by atoms with E-state index in [4.69, 9.17) is 5.73 Å². The first kappa shape index (κ1) is 17.1. The summed E-state index contributed by atoms with van der Waals surface area (Å²) in [5.74, 6) is -0.326. The number of hydrogen-bond donors (Lipinski definition) is 4. The van der Waals surface area contributed by atoms with Gasteiger partial charge in [-0.05, 0) is 30.3 Å². The minimum atomic E-state index is -0.351. The number of nitrogen functional groups attached to an aromatic ring is 1. The molecule has 5 aromatic rings. The minimum absolute atomic E-state index is 0.192.